The second-order valence-corrected chi connectivity index (χ2v) is 13.9. The van der Waals surface area contributed by atoms with Crippen LogP contribution in [0.15, 0.2) is 35.5 Å². The lowest BCUT2D eigenvalue weighted by molar-refractivity contribution is -0.308. The van der Waals surface area contributed by atoms with Crippen LogP contribution < -0.4 is 0 Å². The van der Waals surface area contributed by atoms with Crippen LogP contribution in [0.4, 0.5) is 0 Å². The number of methoxy groups -OCH3 is 1. The molecule has 9 heteroatoms. The second kappa shape index (κ2) is 11.5. The molecule has 3 saturated carbocycles. The van der Waals surface area contributed by atoms with Gasteiger partial charge in [0.2, 0.25) is 0 Å². The van der Waals surface area contributed by atoms with Crippen molar-refractivity contribution < 1.29 is 43.5 Å². The van der Waals surface area contributed by atoms with E-state index in [1.54, 1.807) is 32.1 Å². The summed E-state index contributed by atoms with van der Waals surface area (Å²) in [4.78, 5) is 39.8. The number of ether oxygens (including phenoxy) is 4. The SMILES string of the molecule is C/C=C\C=C(\C)C(=O)O[C@H]1[C@H](O)[C@H](OCC23C[C@@H]4[C@H](C)CC[C@H]4C4(C=O)CC2C=C(C(C)C)C34C(=O)O)O[C@H](C)[C@H]1OC. The van der Waals surface area contributed by atoms with E-state index in [0.717, 1.165) is 24.7 Å². The Balaban J connectivity index is 1.49. The van der Waals surface area contributed by atoms with Gasteiger partial charge in [0.05, 0.1) is 18.1 Å². The molecule has 4 unspecified atom stereocenters. The zero-order valence-electron chi connectivity index (χ0n) is 26.4. The first kappa shape index (κ1) is 32.1. The number of allylic oxidation sites excluding steroid dienone is 4. The van der Waals surface area contributed by atoms with Crippen molar-refractivity contribution in [3.63, 3.8) is 0 Å². The zero-order valence-corrected chi connectivity index (χ0v) is 26.4. The molecule has 0 aromatic carbocycles. The van der Waals surface area contributed by atoms with Gasteiger partial charge in [-0.15, -0.1) is 0 Å². The van der Waals surface area contributed by atoms with Crippen molar-refractivity contribution in [2.24, 2.45) is 45.8 Å². The van der Waals surface area contributed by atoms with E-state index in [1.165, 1.54) is 7.11 Å². The summed E-state index contributed by atoms with van der Waals surface area (Å²) in [6.07, 6.45) is 6.21. The van der Waals surface area contributed by atoms with E-state index in [2.05, 4.69) is 13.0 Å². The van der Waals surface area contributed by atoms with Gasteiger partial charge in [0.1, 0.15) is 23.9 Å². The number of hydrogen-bond donors (Lipinski definition) is 2. The van der Waals surface area contributed by atoms with Crippen molar-refractivity contribution >= 4 is 18.2 Å². The maximum atomic E-state index is 13.7. The van der Waals surface area contributed by atoms with Gasteiger partial charge in [-0.3, -0.25) is 4.79 Å². The molecule has 9 nitrogen and oxygen atoms in total. The van der Waals surface area contributed by atoms with E-state index in [0.29, 0.717) is 24.3 Å². The van der Waals surface area contributed by atoms with Crippen LogP contribution in [0, 0.1) is 45.8 Å². The van der Waals surface area contributed by atoms with Crippen LogP contribution in [-0.4, -0.2) is 72.9 Å². The van der Waals surface area contributed by atoms with Gasteiger partial charge in [0.25, 0.3) is 0 Å². The Morgan fingerprint density at radius 1 is 1.19 bits per heavy atom. The van der Waals surface area contributed by atoms with Crippen LogP contribution in [0.2, 0.25) is 0 Å². The number of carbonyl (C=O) groups excluding carboxylic acids is 2. The van der Waals surface area contributed by atoms with Crippen LogP contribution in [0.1, 0.15) is 67.2 Å². The molecule has 5 aliphatic rings. The molecule has 43 heavy (non-hydrogen) atoms. The molecule has 4 aliphatic carbocycles. The number of esters is 1. The smallest absolute Gasteiger partial charge is 0.334 e. The number of aliphatic hydroxyl groups excluding tert-OH is 1. The number of carbonyl (C=O) groups is 3. The van der Waals surface area contributed by atoms with Crippen molar-refractivity contribution in [1.29, 1.82) is 0 Å². The molecule has 0 aromatic rings. The Bertz CT molecular complexity index is 1220. The predicted octanol–water partition coefficient (Wildman–Crippen LogP) is 4.48. The van der Waals surface area contributed by atoms with Gasteiger partial charge in [-0.1, -0.05) is 57.1 Å². The Labute approximate surface area is 254 Å². The van der Waals surface area contributed by atoms with E-state index in [1.807, 2.05) is 20.8 Å². The van der Waals surface area contributed by atoms with Crippen molar-refractivity contribution in [2.75, 3.05) is 13.7 Å². The molecule has 238 valence electrons. The van der Waals surface area contributed by atoms with E-state index in [4.69, 9.17) is 18.9 Å². The number of aldehydes is 1. The van der Waals surface area contributed by atoms with Crippen LogP contribution in [0.25, 0.3) is 0 Å². The summed E-state index contributed by atoms with van der Waals surface area (Å²) < 4.78 is 23.9. The molecule has 5 rings (SSSR count). The fraction of sp³-hybridized carbons (Fsp3) is 0.735. The summed E-state index contributed by atoms with van der Waals surface area (Å²) in [6, 6.07) is 0. The molecule has 1 heterocycles. The highest BCUT2D eigenvalue weighted by molar-refractivity contribution is 5.90. The topological polar surface area (TPSA) is 129 Å². The average molecular weight is 601 g/mol. The normalized spacial score (nSPS) is 45.4. The summed E-state index contributed by atoms with van der Waals surface area (Å²) in [5.74, 6) is -1.17. The Hall–Kier alpha value is -2.33. The molecule has 0 radical (unpaired) electrons. The molecule has 1 aliphatic heterocycles. The highest BCUT2D eigenvalue weighted by atomic mass is 16.7. The van der Waals surface area contributed by atoms with Crippen molar-refractivity contribution in [1.82, 2.24) is 0 Å². The zero-order chi connectivity index (χ0) is 31.5. The third kappa shape index (κ3) is 4.36. The summed E-state index contributed by atoms with van der Waals surface area (Å²) >= 11 is 0. The average Bonchev–Trinajstić information content (AvgIpc) is 3.54. The molecular formula is C34H48O9. The van der Waals surface area contributed by atoms with E-state index >= 15 is 0 Å². The third-order valence-corrected chi connectivity index (χ3v) is 11.8. The Kier molecular flexibility index (Phi) is 8.61. The highest BCUT2D eigenvalue weighted by Gasteiger charge is 2.84. The number of rotatable bonds is 10. The number of fused-ring (bicyclic) bond motifs is 2. The fourth-order valence-electron chi connectivity index (χ4n) is 9.98. The number of carboxylic acids is 1. The molecule has 1 saturated heterocycles. The minimum absolute atomic E-state index is 0.00476. The lowest BCUT2D eigenvalue weighted by Gasteiger charge is -2.58. The molecule has 12 atom stereocenters. The van der Waals surface area contributed by atoms with Crippen molar-refractivity contribution in [3.05, 3.63) is 35.5 Å². The second-order valence-electron chi connectivity index (χ2n) is 13.9. The van der Waals surface area contributed by atoms with Gasteiger partial charge in [0.15, 0.2) is 12.4 Å². The molecule has 4 fully saturated rings. The van der Waals surface area contributed by atoms with Crippen molar-refractivity contribution in [3.8, 4) is 0 Å². The highest BCUT2D eigenvalue weighted by Crippen LogP contribution is 2.82. The summed E-state index contributed by atoms with van der Waals surface area (Å²) in [5, 5.41) is 22.7. The van der Waals surface area contributed by atoms with Crippen LogP contribution in [0.3, 0.4) is 0 Å². The maximum absolute atomic E-state index is 13.7. The van der Waals surface area contributed by atoms with E-state index < -0.39 is 58.9 Å². The molecule has 4 bridgehead atoms. The van der Waals surface area contributed by atoms with E-state index in [9.17, 15) is 24.6 Å². The summed E-state index contributed by atoms with van der Waals surface area (Å²) in [7, 11) is 1.47. The van der Waals surface area contributed by atoms with Gasteiger partial charge in [0, 0.05) is 18.1 Å². The molecule has 0 aromatic heterocycles. The van der Waals surface area contributed by atoms with Gasteiger partial charge >= 0.3 is 11.9 Å². The van der Waals surface area contributed by atoms with Gasteiger partial charge in [-0.25, -0.2) is 4.79 Å². The third-order valence-electron chi connectivity index (χ3n) is 11.8. The number of hydrogen-bond acceptors (Lipinski definition) is 8. The molecule has 0 amide bonds. The number of aliphatic carboxylic acids is 1. The monoisotopic (exact) mass is 600 g/mol. The number of aliphatic hydroxyl groups is 1. The van der Waals surface area contributed by atoms with E-state index in [-0.39, 0.29) is 30.3 Å². The Morgan fingerprint density at radius 2 is 1.91 bits per heavy atom. The summed E-state index contributed by atoms with van der Waals surface area (Å²) in [5.41, 5.74) is -2.10. The van der Waals surface area contributed by atoms with Crippen LogP contribution in [0.5, 0.6) is 0 Å². The standard InChI is InChI=1S/C34H48O9/c1-8-9-10-20(5)29(37)43-28-26(36)30(42-21(6)27(28)40-7)41-17-33-15-23-19(4)11-12-24(23)32(16-35)14-22(33)13-25(18(2)3)34(32,33)31(38)39/h8-10,13,16,18-19,21-24,26-28,30,36H,11-12,14-15,17H2,1-7H3,(H,38,39)/b9-8-,20-10-/t19-,21-,22?,23-,24-,26+,27-,28+,30-,32?,33?,34?/m1/s1. The van der Waals surface area contributed by atoms with Gasteiger partial charge in [-0.2, -0.15) is 0 Å². The molecule has 2 N–H and O–H groups in total. The lowest BCUT2D eigenvalue weighted by Crippen LogP contribution is -2.64. The maximum Gasteiger partial charge on any atom is 0.334 e. The largest absolute Gasteiger partial charge is 0.481 e. The lowest BCUT2D eigenvalue weighted by atomic mass is 9.43. The first-order valence-corrected chi connectivity index (χ1v) is 15.8. The van der Waals surface area contributed by atoms with Crippen LogP contribution in [-0.2, 0) is 33.3 Å². The fourth-order valence-corrected chi connectivity index (χ4v) is 9.98. The predicted molar refractivity (Wildman–Crippen MR) is 158 cm³/mol. The van der Waals surface area contributed by atoms with Crippen LogP contribution >= 0.6 is 0 Å². The molecule has 0 spiro atoms. The summed E-state index contributed by atoms with van der Waals surface area (Å²) in [6.45, 7) is 11.4. The quantitative estimate of drug-likeness (QED) is 0.123. The van der Waals surface area contributed by atoms with Crippen molar-refractivity contribution in [2.45, 2.75) is 97.9 Å². The first-order valence-electron chi connectivity index (χ1n) is 15.8. The number of carboxylic acid groups (broad SMARTS) is 1. The molecular weight excluding hydrogens is 552 g/mol. The van der Waals surface area contributed by atoms with Gasteiger partial charge in [-0.05, 0) is 69.6 Å². The minimum Gasteiger partial charge on any atom is -0.481 e. The van der Waals surface area contributed by atoms with Gasteiger partial charge < -0.3 is 34.0 Å². The Morgan fingerprint density at radius 3 is 2.51 bits per heavy atom. The first-order chi connectivity index (χ1) is 20.4. The minimum atomic E-state index is -1.40.